The molecule has 1 aromatic heterocycles. The smallest absolute Gasteiger partial charge is 0.414 e. The second-order valence-electron chi connectivity index (χ2n) is 9.22. The van der Waals surface area contributed by atoms with E-state index in [2.05, 4.69) is 22.7 Å². The fraction of sp³-hybridized carbons (Fsp3) is 0.370. The minimum Gasteiger partial charge on any atom is -0.455 e. The molecule has 5 rings (SSSR count). The topological polar surface area (TPSA) is 92.4 Å². The van der Waals surface area contributed by atoms with Gasteiger partial charge in [0.1, 0.15) is 11.5 Å². The number of nitriles is 1. The summed E-state index contributed by atoms with van der Waals surface area (Å²) in [4.78, 5) is 14.3. The fourth-order valence-electron chi connectivity index (χ4n) is 5.04. The number of hydrogen-bond acceptors (Lipinski definition) is 6. The number of methoxy groups -OCH3 is 1. The molecular formula is C27H28ClN5O3. The third-order valence-corrected chi connectivity index (χ3v) is 7.28. The number of fused-ring (bicyclic) bond motifs is 1. The van der Waals surface area contributed by atoms with Gasteiger partial charge in [-0.05, 0) is 76.0 Å². The number of ether oxygens (including phenoxy) is 2. The van der Waals surface area contributed by atoms with Crippen LogP contribution in [0.5, 0.6) is 11.5 Å². The van der Waals surface area contributed by atoms with Gasteiger partial charge in [0.25, 0.3) is 0 Å². The fourth-order valence-corrected chi connectivity index (χ4v) is 5.26. The van der Waals surface area contributed by atoms with E-state index in [1.807, 2.05) is 29.9 Å². The SMILES string of the molecule is COC(=O)N1c2ccc(-c3cnn(C4CCNCC4)c3)c(Oc3ccc(C#N)cc3Cl)c2CCC1C. The number of hydrogen-bond donors (Lipinski definition) is 1. The summed E-state index contributed by atoms with van der Waals surface area (Å²) in [6, 6.07) is 11.3. The average Bonchev–Trinajstić information content (AvgIpc) is 3.40. The molecule has 1 N–H and O–H groups in total. The Morgan fingerprint density at radius 3 is 2.75 bits per heavy atom. The number of benzene rings is 2. The second kappa shape index (κ2) is 10.2. The molecular weight excluding hydrogens is 478 g/mol. The van der Waals surface area contributed by atoms with E-state index in [0.29, 0.717) is 28.1 Å². The van der Waals surface area contributed by atoms with E-state index in [-0.39, 0.29) is 6.04 Å². The van der Waals surface area contributed by atoms with Crippen molar-refractivity contribution in [2.45, 2.75) is 44.7 Å². The Balaban J connectivity index is 1.62. The van der Waals surface area contributed by atoms with Crippen molar-refractivity contribution < 1.29 is 14.3 Å². The molecule has 0 saturated carbocycles. The first kappa shape index (κ1) is 24.2. The number of nitrogens with zero attached hydrogens (tertiary/aromatic N) is 4. The van der Waals surface area contributed by atoms with Gasteiger partial charge in [-0.25, -0.2) is 4.79 Å². The first-order chi connectivity index (χ1) is 17.5. The molecule has 0 spiro atoms. The lowest BCUT2D eigenvalue weighted by Crippen LogP contribution is -2.42. The largest absolute Gasteiger partial charge is 0.455 e. The number of piperidine rings is 1. The molecule has 3 heterocycles. The first-order valence-corrected chi connectivity index (χ1v) is 12.5. The Morgan fingerprint density at radius 1 is 1.22 bits per heavy atom. The van der Waals surface area contributed by atoms with Gasteiger partial charge in [-0.15, -0.1) is 0 Å². The quantitative estimate of drug-likeness (QED) is 0.489. The summed E-state index contributed by atoms with van der Waals surface area (Å²) in [7, 11) is 1.39. The van der Waals surface area contributed by atoms with Gasteiger partial charge in [-0.3, -0.25) is 9.58 Å². The summed E-state index contributed by atoms with van der Waals surface area (Å²) >= 11 is 6.49. The number of nitrogens with one attached hydrogen (secondary N) is 1. The van der Waals surface area contributed by atoms with Crippen molar-refractivity contribution in [2.75, 3.05) is 25.1 Å². The van der Waals surface area contributed by atoms with E-state index in [0.717, 1.165) is 61.2 Å². The summed E-state index contributed by atoms with van der Waals surface area (Å²) in [5.41, 5.74) is 3.92. The lowest BCUT2D eigenvalue weighted by atomic mass is 9.92. The van der Waals surface area contributed by atoms with Gasteiger partial charge in [-0.1, -0.05) is 11.6 Å². The normalized spacial score (nSPS) is 17.8. The zero-order valence-corrected chi connectivity index (χ0v) is 21.1. The number of carbonyl (C=O) groups excluding carboxylic acids is 1. The van der Waals surface area contributed by atoms with E-state index >= 15 is 0 Å². The van der Waals surface area contributed by atoms with Crippen molar-refractivity contribution >= 4 is 23.4 Å². The van der Waals surface area contributed by atoms with Crippen molar-refractivity contribution in [2.24, 2.45) is 0 Å². The molecule has 0 radical (unpaired) electrons. The standard InChI is InChI=1S/C27H28ClN5O3/c1-17-3-5-22-24(33(17)27(34)35-2)7-6-21(19-15-31-32(16-19)20-9-11-30-12-10-20)26(22)36-25-8-4-18(14-29)13-23(25)28/h4,6-8,13,15-17,20,30H,3,5,9-12H2,1-2H3. The van der Waals surface area contributed by atoms with E-state index in [4.69, 9.17) is 21.1 Å². The van der Waals surface area contributed by atoms with E-state index in [1.165, 1.54) is 7.11 Å². The number of rotatable bonds is 4. The van der Waals surface area contributed by atoms with Gasteiger partial charge in [0.15, 0.2) is 0 Å². The highest BCUT2D eigenvalue weighted by molar-refractivity contribution is 6.32. The predicted molar refractivity (Wildman–Crippen MR) is 138 cm³/mol. The van der Waals surface area contributed by atoms with Crippen LogP contribution >= 0.6 is 11.6 Å². The maximum Gasteiger partial charge on any atom is 0.414 e. The van der Waals surface area contributed by atoms with E-state index in [1.54, 1.807) is 23.1 Å². The third kappa shape index (κ3) is 4.52. The number of carbonyl (C=O) groups is 1. The molecule has 1 fully saturated rings. The number of anilines is 1. The van der Waals surface area contributed by atoms with Crippen molar-refractivity contribution in [3.8, 4) is 28.7 Å². The van der Waals surface area contributed by atoms with Crippen LogP contribution in [-0.2, 0) is 11.2 Å². The summed E-state index contributed by atoms with van der Waals surface area (Å²) in [5.74, 6) is 1.07. The number of amides is 1. The van der Waals surface area contributed by atoms with Crippen LogP contribution in [0.3, 0.4) is 0 Å². The minimum absolute atomic E-state index is 0.00943. The van der Waals surface area contributed by atoms with Gasteiger partial charge in [0.05, 0.1) is 41.7 Å². The zero-order valence-electron chi connectivity index (χ0n) is 20.3. The maximum atomic E-state index is 12.7. The third-order valence-electron chi connectivity index (χ3n) is 6.99. The van der Waals surface area contributed by atoms with Gasteiger partial charge in [0.2, 0.25) is 0 Å². The maximum absolute atomic E-state index is 12.7. The Hall–Kier alpha value is -3.54. The van der Waals surface area contributed by atoms with Gasteiger partial charge in [-0.2, -0.15) is 10.4 Å². The van der Waals surface area contributed by atoms with Crippen LogP contribution in [0.2, 0.25) is 5.02 Å². The molecule has 0 bridgehead atoms. The average molecular weight is 506 g/mol. The van der Waals surface area contributed by atoms with Crippen LogP contribution in [0.4, 0.5) is 10.5 Å². The van der Waals surface area contributed by atoms with Gasteiger partial charge in [0, 0.05) is 28.9 Å². The van der Waals surface area contributed by atoms with Crippen molar-refractivity contribution in [1.29, 1.82) is 5.26 Å². The molecule has 1 saturated heterocycles. The molecule has 0 aliphatic carbocycles. The molecule has 1 unspecified atom stereocenters. The summed E-state index contributed by atoms with van der Waals surface area (Å²) in [5, 5.41) is 17.6. The molecule has 2 aromatic carbocycles. The summed E-state index contributed by atoms with van der Waals surface area (Å²) in [6.45, 7) is 3.96. The molecule has 3 aromatic rings. The Labute approximate surface area is 215 Å². The van der Waals surface area contributed by atoms with Crippen LogP contribution in [0.1, 0.15) is 43.4 Å². The zero-order chi connectivity index (χ0) is 25.2. The highest BCUT2D eigenvalue weighted by Crippen LogP contribution is 2.46. The molecule has 1 amide bonds. The molecule has 1 atom stereocenters. The highest BCUT2D eigenvalue weighted by atomic mass is 35.5. The van der Waals surface area contributed by atoms with E-state index < -0.39 is 6.09 Å². The number of halogens is 1. The minimum atomic E-state index is -0.405. The van der Waals surface area contributed by atoms with Crippen LogP contribution in [0.25, 0.3) is 11.1 Å². The monoisotopic (exact) mass is 505 g/mol. The van der Waals surface area contributed by atoms with Gasteiger partial charge < -0.3 is 14.8 Å². The van der Waals surface area contributed by atoms with E-state index in [9.17, 15) is 10.1 Å². The highest BCUT2D eigenvalue weighted by Gasteiger charge is 2.32. The molecule has 2 aliphatic heterocycles. The summed E-state index contributed by atoms with van der Waals surface area (Å²) < 4.78 is 13.6. The van der Waals surface area contributed by atoms with Crippen molar-refractivity contribution in [3.05, 3.63) is 58.9 Å². The lowest BCUT2D eigenvalue weighted by Gasteiger charge is -2.35. The predicted octanol–water partition coefficient (Wildman–Crippen LogP) is 5.70. The second-order valence-corrected chi connectivity index (χ2v) is 9.62. The van der Waals surface area contributed by atoms with Crippen molar-refractivity contribution in [1.82, 2.24) is 15.1 Å². The Morgan fingerprint density at radius 2 is 2.03 bits per heavy atom. The number of aromatic nitrogens is 2. The first-order valence-electron chi connectivity index (χ1n) is 12.2. The van der Waals surface area contributed by atoms with Crippen molar-refractivity contribution in [3.63, 3.8) is 0 Å². The van der Waals surface area contributed by atoms with Crippen LogP contribution in [-0.4, -0.2) is 42.1 Å². The molecule has 2 aliphatic rings. The Bertz CT molecular complexity index is 1330. The summed E-state index contributed by atoms with van der Waals surface area (Å²) in [6.07, 6.45) is 7.07. The van der Waals surface area contributed by atoms with Crippen LogP contribution in [0.15, 0.2) is 42.7 Å². The van der Waals surface area contributed by atoms with Crippen LogP contribution < -0.4 is 15.0 Å². The molecule has 8 nitrogen and oxygen atoms in total. The van der Waals surface area contributed by atoms with Crippen LogP contribution in [0, 0.1) is 11.3 Å². The molecule has 36 heavy (non-hydrogen) atoms. The Kier molecular flexibility index (Phi) is 6.86. The lowest BCUT2D eigenvalue weighted by molar-refractivity contribution is 0.175. The molecule has 9 heteroatoms. The van der Waals surface area contributed by atoms with Gasteiger partial charge >= 0.3 is 6.09 Å². The molecule has 186 valence electrons.